The Kier molecular flexibility index (Phi) is 5.07. The van der Waals surface area contributed by atoms with Crippen molar-refractivity contribution in [2.24, 2.45) is 5.92 Å². The predicted octanol–water partition coefficient (Wildman–Crippen LogP) is 2.07. The Morgan fingerprint density at radius 2 is 2.39 bits per heavy atom. The highest BCUT2D eigenvalue weighted by Crippen LogP contribution is 2.17. The molecule has 1 aliphatic heterocycles. The van der Waals surface area contributed by atoms with Gasteiger partial charge in [0.1, 0.15) is 0 Å². The molecule has 122 valence electrons. The predicted molar refractivity (Wildman–Crippen MR) is 91.7 cm³/mol. The highest BCUT2D eigenvalue weighted by atomic mass is 79.9. The summed E-state index contributed by atoms with van der Waals surface area (Å²) in [5.74, 6) is 0.503. The van der Waals surface area contributed by atoms with E-state index in [9.17, 15) is 4.79 Å². The van der Waals surface area contributed by atoms with Gasteiger partial charge in [-0.25, -0.2) is 4.68 Å². The fraction of sp³-hybridized carbons (Fsp3) is 0.438. The van der Waals surface area contributed by atoms with E-state index in [2.05, 4.69) is 36.9 Å². The van der Waals surface area contributed by atoms with Crippen LogP contribution in [0.3, 0.4) is 0 Å². The van der Waals surface area contributed by atoms with Crippen LogP contribution >= 0.6 is 15.9 Å². The Bertz CT molecular complexity index is 694. The molecule has 1 aromatic carbocycles. The number of nitrogens with zero attached hydrogens (tertiary/aromatic N) is 3. The number of amides is 1. The summed E-state index contributed by atoms with van der Waals surface area (Å²) >= 11 is 3.44. The molecule has 0 spiro atoms. The number of hydrogen-bond donors (Lipinski definition) is 2. The maximum absolute atomic E-state index is 12.3. The van der Waals surface area contributed by atoms with E-state index in [4.69, 9.17) is 0 Å². The molecule has 7 heteroatoms. The van der Waals surface area contributed by atoms with Gasteiger partial charge in [-0.15, -0.1) is 5.10 Å². The topological polar surface area (TPSA) is 71.8 Å². The number of benzene rings is 1. The summed E-state index contributed by atoms with van der Waals surface area (Å²) in [6.45, 7) is 4.66. The van der Waals surface area contributed by atoms with Gasteiger partial charge in [-0.3, -0.25) is 4.79 Å². The van der Waals surface area contributed by atoms with E-state index < -0.39 is 0 Å². The first-order valence-corrected chi connectivity index (χ1v) is 8.61. The third-order valence-corrected chi connectivity index (χ3v) is 4.66. The van der Waals surface area contributed by atoms with Crippen LogP contribution in [0.1, 0.15) is 29.0 Å². The van der Waals surface area contributed by atoms with E-state index in [1.807, 2.05) is 31.2 Å². The molecular formula is C16H20BrN5O. The van der Waals surface area contributed by atoms with Crippen molar-refractivity contribution in [1.82, 2.24) is 25.6 Å². The number of halogens is 1. The zero-order valence-electron chi connectivity index (χ0n) is 13.1. The van der Waals surface area contributed by atoms with Gasteiger partial charge in [0.25, 0.3) is 5.91 Å². The van der Waals surface area contributed by atoms with Crippen molar-refractivity contribution in [3.05, 3.63) is 40.1 Å². The smallest absolute Gasteiger partial charge is 0.273 e. The zero-order valence-corrected chi connectivity index (χ0v) is 14.6. The summed E-state index contributed by atoms with van der Waals surface area (Å²) in [5.41, 5.74) is 2.00. The van der Waals surface area contributed by atoms with Gasteiger partial charge in [-0.1, -0.05) is 27.2 Å². The normalized spacial score (nSPS) is 17.4. The Morgan fingerprint density at radius 3 is 3.13 bits per heavy atom. The van der Waals surface area contributed by atoms with Crippen LogP contribution in [0.5, 0.6) is 0 Å². The van der Waals surface area contributed by atoms with Gasteiger partial charge >= 0.3 is 0 Å². The first kappa shape index (κ1) is 16.1. The van der Waals surface area contributed by atoms with Gasteiger partial charge in [0.05, 0.1) is 11.4 Å². The van der Waals surface area contributed by atoms with Crippen molar-refractivity contribution >= 4 is 21.8 Å². The molecule has 1 aromatic heterocycles. The van der Waals surface area contributed by atoms with E-state index in [0.717, 1.165) is 35.4 Å². The summed E-state index contributed by atoms with van der Waals surface area (Å²) in [6.07, 6.45) is 2.19. The molecule has 0 saturated carbocycles. The van der Waals surface area contributed by atoms with Crippen molar-refractivity contribution in [1.29, 1.82) is 0 Å². The van der Waals surface area contributed by atoms with Crippen LogP contribution in [-0.4, -0.2) is 40.5 Å². The highest BCUT2D eigenvalue weighted by Gasteiger charge is 2.18. The molecule has 1 unspecified atom stereocenters. The Balaban J connectivity index is 1.65. The lowest BCUT2D eigenvalue weighted by atomic mass is 10.1. The maximum Gasteiger partial charge on any atom is 0.273 e. The van der Waals surface area contributed by atoms with Crippen molar-refractivity contribution < 1.29 is 4.79 Å². The largest absolute Gasteiger partial charge is 0.351 e. The van der Waals surface area contributed by atoms with E-state index in [1.54, 1.807) is 4.68 Å². The fourth-order valence-electron chi connectivity index (χ4n) is 2.83. The van der Waals surface area contributed by atoms with Crippen molar-refractivity contribution in [3.63, 3.8) is 0 Å². The van der Waals surface area contributed by atoms with E-state index >= 15 is 0 Å². The second kappa shape index (κ2) is 7.23. The van der Waals surface area contributed by atoms with E-state index in [1.165, 1.54) is 6.42 Å². The van der Waals surface area contributed by atoms with Crippen LogP contribution < -0.4 is 10.6 Å². The quantitative estimate of drug-likeness (QED) is 0.836. The first-order chi connectivity index (χ1) is 11.1. The molecule has 2 aromatic rings. The standard InChI is InChI=1S/C16H20BrN5O/c1-11-15(16(23)19-8-6-12-5-7-18-10-12)20-21-22(11)14-4-2-3-13(17)9-14/h2-4,9,12,18H,5-8,10H2,1H3,(H,19,23). The molecule has 2 N–H and O–H groups in total. The molecule has 1 fully saturated rings. The lowest BCUT2D eigenvalue weighted by Crippen LogP contribution is -2.27. The second-order valence-corrected chi connectivity index (χ2v) is 6.73. The minimum Gasteiger partial charge on any atom is -0.351 e. The molecule has 1 amide bonds. The summed E-state index contributed by atoms with van der Waals surface area (Å²) in [6, 6.07) is 7.74. The summed E-state index contributed by atoms with van der Waals surface area (Å²) in [7, 11) is 0. The van der Waals surface area contributed by atoms with Crippen molar-refractivity contribution in [3.8, 4) is 5.69 Å². The maximum atomic E-state index is 12.3. The molecule has 1 aliphatic rings. The van der Waals surface area contributed by atoms with Crippen LogP contribution in [0.4, 0.5) is 0 Å². The van der Waals surface area contributed by atoms with Gasteiger partial charge in [-0.05, 0) is 57.0 Å². The first-order valence-electron chi connectivity index (χ1n) is 7.82. The molecule has 0 bridgehead atoms. The van der Waals surface area contributed by atoms with Crippen LogP contribution in [0.15, 0.2) is 28.7 Å². The van der Waals surface area contributed by atoms with Gasteiger partial charge < -0.3 is 10.6 Å². The van der Waals surface area contributed by atoms with Crippen LogP contribution in [0.25, 0.3) is 5.69 Å². The monoisotopic (exact) mass is 377 g/mol. The zero-order chi connectivity index (χ0) is 16.2. The molecular weight excluding hydrogens is 358 g/mol. The summed E-state index contributed by atoms with van der Waals surface area (Å²) in [5, 5.41) is 14.4. The number of aromatic nitrogens is 3. The molecule has 0 aliphatic carbocycles. The van der Waals surface area contributed by atoms with Crippen molar-refractivity contribution in [2.75, 3.05) is 19.6 Å². The number of rotatable bonds is 5. The average molecular weight is 378 g/mol. The number of nitrogens with one attached hydrogen (secondary N) is 2. The van der Waals surface area contributed by atoms with E-state index in [0.29, 0.717) is 18.2 Å². The molecule has 1 saturated heterocycles. The van der Waals surface area contributed by atoms with Gasteiger partial charge in [-0.2, -0.15) is 0 Å². The Labute approximate surface area is 143 Å². The lowest BCUT2D eigenvalue weighted by Gasteiger charge is -2.09. The van der Waals surface area contributed by atoms with E-state index in [-0.39, 0.29) is 5.91 Å². The highest BCUT2D eigenvalue weighted by molar-refractivity contribution is 9.10. The van der Waals surface area contributed by atoms with Gasteiger partial charge in [0.2, 0.25) is 0 Å². The van der Waals surface area contributed by atoms with Crippen LogP contribution in [0.2, 0.25) is 0 Å². The molecule has 6 nitrogen and oxygen atoms in total. The van der Waals surface area contributed by atoms with Crippen LogP contribution in [0, 0.1) is 12.8 Å². The van der Waals surface area contributed by atoms with Gasteiger partial charge in [0.15, 0.2) is 5.69 Å². The minimum absolute atomic E-state index is 0.158. The van der Waals surface area contributed by atoms with Crippen LogP contribution in [-0.2, 0) is 0 Å². The number of carbonyl (C=O) groups excluding carboxylic acids is 1. The third-order valence-electron chi connectivity index (χ3n) is 4.16. The Morgan fingerprint density at radius 1 is 1.52 bits per heavy atom. The third kappa shape index (κ3) is 3.79. The Hall–Kier alpha value is -1.73. The molecule has 0 radical (unpaired) electrons. The number of hydrogen-bond acceptors (Lipinski definition) is 4. The second-order valence-electron chi connectivity index (χ2n) is 5.82. The van der Waals surface area contributed by atoms with Crippen molar-refractivity contribution in [2.45, 2.75) is 19.8 Å². The molecule has 1 atom stereocenters. The minimum atomic E-state index is -0.158. The molecule has 23 heavy (non-hydrogen) atoms. The average Bonchev–Trinajstić information content (AvgIpc) is 3.17. The SMILES string of the molecule is Cc1c(C(=O)NCCC2CCNC2)nnn1-c1cccc(Br)c1. The molecule has 3 rings (SSSR count). The summed E-state index contributed by atoms with van der Waals surface area (Å²) < 4.78 is 2.64. The number of carbonyl (C=O) groups is 1. The van der Waals surface area contributed by atoms with Gasteiger partial charge in [0, 0.05) is 11.0 Å². The molecule has 2 heterocycles. The lowest BCUT2D eigenvalue weighted by molar-refractivity contribution is 0.0946. The fourth-order valence-corrected chi connectivity index (χ4v) is 3.21. The summed E-state index contributed by atoms with van der Waals surface area (Å²) in [4.78, 5) is 12.3.